The van der Waals surface area contributed by atoms with Crippen molar-refractivity contribution in [2.45, 2.75) is 57.1 Å². The van der Waals surface area contributed by atoms with E-state index in [-0.39, 0.29) is 43.3 Å². The second kappa shape index (κ2) is 17.0. The summed E-state index contributed by atoms with van der Waals surface area (Å²) in [5.74, 6) is -1.75. The molecule has 3 aromatic carbocycles. The van der Waals surface area contributed by atoms with Crippen LogP contribution in [-0.2, 0) is 32.0 Å². The monoisotopic (exact) mass is 582 g/mol. The second-order valence-corrected chi connectivity index (χ2v) is 11.1. The molecule has 0 spiro atoms. The zero-order valence-electron chi connectivity index (χ0n) is 24.6. The van der Waals surface area contributed by atoms with Crippen LogP contribution in [0.5, 0.6) is 0 Å². The van der Waals surface area contributed by atoms with Gasteiger partial charge in [-0.05, 0) is 55.2 Å². The van der Waals surface area contributed by atoms with Crippen molar-refractivity contribution in [3.63, 3.8) is 0 Å². The Kier molecular flexibility index (Phi) is 12.5. The van der Waals surface area contributed by atoms with Gasteiger partial charge in [0.25, 0.3) is 0 Å². The third-order valence-corrected chi connectivity index (χ3v) is 7.77. The predicted molar refractivity (Wildman–Crippen MR) is 167 cm³/mol. The fraction of sp³-hybridized carbons (Fsp3) is 0.361. The number of nitrogens with one attached hydrogen (secondary N) is 2. The molecule has 3 aromatic rings. The SMILES string of the molecule is O=C(C[C@H]1CC=CCCC[C@H](Cc2ccccc2)C(=O)O[C@@H](c2ccccc2)CNC1=O)N[C@H](CO)Cc1ccccc1. The molecule has 2 amide bonds. The van der Waals surface area contributed by atoms with E-state index < -0.39 is 18.1 Å². The standard InChI is InChI=1S/C36H42N2O5/c39-26-32(23-28-16-8-4-9-17-28)38-34(40)24-30-20-10-1-2-11-21-31(22-27-14-6-3-7-15-27)36(42)43-33(25-37-35(30)41)29-18-12-5-13-19-29/h1,3-10,12-19,30-33,39H,2,11,20-26H2,(H,37,41)(H,38,40)/t30-,31-,32+,33-/m1/s1. The zero-order chi connectivity index (χ0) is 30.3. The molecule has 0 saturated heterocycles. The van der Waals surface area contributed by atoms with E-state index >= 15 is 0 Å². The van der Waals surface area contributed by atoms with Crippen LogP contribution in [0.4, 0.5) is 0 Å². The summed E-state index contributed by atoms with van der Waals surface area (Å²) in [6.45, 7) is -0.103. The summed E-state index contributed by atoms with van der Waals surface area (Å²) < 4.78 is 6.08. The number of hydrogen-bond donors (Lipinski definition) is 3. The Morgan fingerprint density at radius 2 is 1.53 bits per heavy atom. The van der Waals surface area contributed by atoms with Crippen molar-refractivity contribution < 1.29 is 24.2 Å². The summed E-state index contributed by atoms with van der Waals surface area (Å²) >= 11 is 0. The topological polar surface area (TPSA) is 105 Å². The number of cyclic esters (lactones) is 1. The Balaban J connectivity index is 1.46. The molecule has 0 radical (unpaired) electrons. The number of rotatable bonds is 9. The predicted octanol–water partition coefficient (Wildman–Crippen LogP) is 5.10. The highest BCUT2D eigenvalue weighted by Gasteiger charge is 2.27. The van der Waals surface area contributed by atoms with E-state index in [4.69, 9.17) is 4.74 Å². The van der Waals surface area contributed by atoms with Gasteiger partial charge in [0.05, 0.1) is 31.0 Å². The first-order valence-electron chi connectivity index (χ1n) is 15.2. The minimum atomic E-state index is -0.659. The number of aliphatic hydroxyl groups is 1. The van der Waals surface area contributed by atoms with Crippen molar-refractivity contribution in [2.24, 2.45) is 11.8 Å². The molecule has 3 N–H and O–H groups in total. The van der Waals surface area contributed by atoms with Crippen LogP contribution in [-0.4, -0.2) is 42.1 Å². The molecule has 4 rings (SSSR count). The van der Waals surface area contributed by atoms with Crippen LogP contribution in [0.25, 0.3) is 0 Å². The van der Waals surface area contributed by atoms with Crippen LogP contribution >= 0.6 is 0 Å². The molecular weight excluding hydrogens is 540 g/mol. The summed E-state index contributed by atoms with van der Waals surface area (Å²) in [5, 5.41) is 15.7. The van der Waals surface area contributed by atoms with Crippen LogP contribution in [0.15, 0.2) is 103 Å². The van der Waals surface area contributed by atoms with Gasteiger partial charge in [-0.3, -0.25) is 14.4 Å². The first kappa shape index (κ1) is 31.7. The lowest BCUT2D eigenvalue weighted by molar-refractivity contribution is -0.155. The highest BCUT2D eigenvalue weighted by atomic mass is 16.5. The number of allylic oxidation sites excluding steroid dienone is 2. The summed E-state index contributed by atoms with van der Waals surface area (Å²) in [5.41, 5.74) is 2.88. The minimum Gasteiger partial charge on any atom is -0.455 e. The van der Waals surface area contributed by atoms with Crippen LogP contribution in [0.2, 0.25) is 0 Å². The van der Waals surface area contributed by atoms with Crippen molar-refractivity contribution in [1.82, 2.24) is 10.6 Å². The van der Waals surface area contributed by atoms with E-state index in [2.05, 4.69) is 10.6 Å². The molecule has 43 heavy (non-hydrogen) atoms. The van der Waals surface area contributed by atoms with Gasteiger partial charge >= 0.3 is 5.97 Å². The number of benzene rings is 3. The quantitative estimate of drug-likeness (QED) is 0.241. The molecular formula is C36H42N2O5. The second-order valence-electron chi connectivity index (χ2n) is 11.1. The van der Waals surface area contributed by atoms with Crippen LogP contribution < -0.4 is 10.6 Å². The Hall–Kier alpha value is -4.23. The van der Waals surface area contributed by atoms with Crippen molar-refractivity contribution in [1.29, 1.82) is 0 Å². The fourth-order valence-electron chi connectivity index (χ4n) is 5.38. The lowest BCUT2D eigenvalue weighted by Crippen LogP contribution is -2.42. The summed E-state index contributed by atoms with van der Waals surface area (Å²) in [7, 11) is 0. The Morgan fingerprint density at radius 1 is 0.884 bits per heavy atom. The number of esters is 1. The van der Waals surface area contributed by atoms with Crippen molar-refractivity contribution in [2.75, 3.05) is 13.2 Å². The van der Waals surface area contributed by atoms with Gasteiger partial charge in [-0.15, -0.1) is 0 Å². The molecule has 1 heterocycles. The molecule has 226 valence electrons. The summed E-state index contributed by atoms with van der Waals surface area (Å²) in [4.78, 5) is 39.9. The van der Waals surface area contributed by atoms with Gasteiger partial charge in [-0.2, -0.15) is 0 Å². The van der Waals surface area contributed by atoms with E-state index in [0.29, 0.717) is 25.7 Å². The Labute approximate surface area is 254 Å². The molecule has 4 atom stereocenters. The maximum absolute atomic E-state index is 13.5. The number of amides is 2. The molecule has 1 aliphatic rings. The van der Waals surface area contributed by atoms with Gasteiger partial charge in [-0.25, -0.2) is 0 Å². The van der Waals surface area contributed by atoms with Gasteiger partial charge in [0.2, 0.25) is 11.8 Å². The molecule has 0 fully saturated rings. The normalized spacial score (nSPS) is 20.7. The smallest absolute Gasteiger partial charge is 0.309 e. The van der Waals surface area contributed by atoms with Crippen molar-refractivity contribution in [3.8, 4) is 0 Å². The average Bonchev–Trinajstić information content (AvgIpc) is 3.03. The van der Waals surface area contributed by atoms with E-state index in [9.17, 15) is 19.5 Å². The van der Waals surface area contributed by atoms with Crippen molar-refractivity contribution >= 4 is 17.8 Å². The lowest BCUT2D eigenvalue weighted by atomic mass is 9.93. The third kappa shape index (κ3) is 10.5. The largest absolute Gasteiger partial charge is 0.455 e. The molecule has 7 heteroatoms. The fourth-order valence-corrected chi connectivity index (χ4v) is 5.38. The minimum absolute atomic E-state index is 0.0175. The van der Waals surface area contributed by atoms with Gasteiger partial charge in [0, 0.05) is 6.42 Å². The van der Waals surface area contributed by atoms with Crippen LogP contribution in [0.3, 0.4) is 0 Å². The maximum atomic E-state index is 13.5. The molecule has 1 aliphatic heterocycles. The Bertz CT molecular complexity index is 1310. The van der Waals surface area contributed by atoms with E-state index in [1.165, 1.54) is 0 Å². The van der Waals surface area contributed by atoms with Crippen LogP contribution in [0.1, 0.15) is 54.9 Å². The number of carbonyl (C=O) groups is 3. The van der Waals surface area contributed by atoms with Crippen LogP contribution in [0, 0.1) is 11.8 Å². The van der Waals surface area contributed by atoms with Gasteiger partial charge in [0.1, 0.15) is 6.10 Å². The molecule has 7 nitrogen and oxygen atoms in total. The number of ether oxygens (including phenoxy) is 1. The number of carbonyl (C=O) groups excluding carboxylic acids is 3. The molecule has 0 aromatic heterocycles. The first-order chi connectivity index (χ1) is 21.0. The summed E-state index contributed by atoms with van der Waals surface area (Å²) in [6, 6.07) is 28.6. The Morgan fingerprint density at radius 3 is 2.21 bits per heavy atom. The summed E-state index contributed by atoms with van der Waals surface area (Å²) in [6.07, 6.45) is 7.03. The molecule has 0 aliphatic carbocycles. The molecule has 0 unspecified atom stereocenters. The van der Waals surface area contributed by atoms with Gasteiger partial charge in [0.15, 0.2) is 0 Å². The zero-order valence-corrected chi connectivity index (χ0v) is 24.6. The van der Waals surface area contributed by atoms with Gasteiger partial charge < -0.3 is 20.5 Å². The highest BCUT2D eigenvalue weighted by molar-refractivity contribution is 5.86. The maximum Gasteiger partial charge on any atom is 0.309 e. The van der Waals surface area contributed by atoms with E-state index in [1.54, 1.807) is 0 Å². The molecule has 0 bridgehead atoms. The van der Waals surface area contributed by atoms with E-state index in [0.717, 1.165) is 29.5 Å². The van der Waals surface area contributed by atoms with E-state index in [1.807, 2.05) is 103 Å². The lowest BCUT2D eigenvalue weighted by Gasteiger charge is -2.24. The average molecular weight is 583 g/mol. The van der Waals surface area contributed by atoms with Gasteiger partial charge in [-0.1, -0.05) is 103 Å². The number of hydrogen-bond acceptors (Lipinski definition) is 5. The van der Waals surface area contributed by atoms with Crippen molar-refractivity contribution in [3.05, 3.63) is 120 Å². The highest BCUT2D eigenvalue weighted by Crippen LogP contribution is 2.24. The molecule has 0 saturated carbocycles. The first-order valence-corrected chi connectivity index (χ1v) is 15.2. The number of aliphatic hydroxyl groups excluding tert-OH is 1. The third-order valence-electron chi connectivity index (χ3n) is 7.77.